The van der Waals surface area contributed by atoms with Crippen LogP contribution in [0, 0.1) is 5.82 Å². The van der Waals surface area contributed by atoms with Crippen molar-refractivity contribution < 1.29 is 28.2 Å². The molecular weight excluding hydrogens is 451 g/mol. The maximum absolute atomic E-state index is 13.1. The van der Waals surface area contributed by atoms with Crippen molar-refractivity contribution in [1.29, 1.82) is 0 Å². The minimum Gasteiger partial charge on any atom is -0.494 e. The normalized spacial score (nSPS) is 11.8. The fraction of sp³-hybridized carbons (Fsp3) is 0.259. The summed E-state index contributed by atoms with van der Waals surface area (Å²) in [7, 11) is 0. The molecule has 0 aliphatic rings. The summed E-state index contributed by atoms with van der Waals surface area (Å²) in [5.74, 6) is -0.200. The molecule has 0 bridgehead atoms. The van der Waals surface area contributed by atoms with Gasteiger partial charge >= 0.3 is 5.97 Å². The van der Waals surface area contributed by atoms with Crippen LogP contribution in [0.4, 0.5) is 10.4 Å². The topological polar surface area (TPSA) is 85.0 Å². The van der Waals surface area contributed by atoms with Crippen molar-refractivity contribution >= 4 is 23.1 Å². The van der Waals surface area contributed by atoms with Gasteiger partial charge in [-0.2, -0.15) is 4.98 Å². The Labute approximate surface area is 202 Å². The molecular formula is C27H27FN2O5. The quantitative estimate of drug-likeness (QED) is 0.262. The van der Waals surface area contributed by atoms with Crippen molar-refractivity contribution in [3.63, 3.8) is 0 Å². The van der Waals surface area contributed by atoms with E-state index < -0.39 is 12.1 Å². The van der Waals surface area contributed by atoms with Crippen LogP contribution >= 0.6 is 0 Å². The lowest BCUT2D eigenvalue weighted by molar-refractivity contribution is -0.145. The Kier molecular flexibility index (Phi) is 7.82. The van der Waals surface area contributed by atoms with Gasteiger partial charge in [0, 0.05) is 13.1 Å². The number of rotatable bonds is 12. The minimum atomic E-state index is -0.993. The first-order valence-electron chi connectivity index (χ1n) is 11.5. The van der Waals surface area contributed by atoms with Gasteiger partial charge in [0.2, 0.25) is 0 Å². The molecule has 4 rings (SSSR count). The van der Waals surface area contributed by atoms with Gasteiger partial charge in [-0.15, -0.1) is 0 Å². The van der Waals surface area contributed by atoms with Crippen LogP contribution in [-0.4, -0.2) is 35.3 Å². The van der Waals surface area contributed by atoms with Gasteiger partial charge < -0.3 is 23.9 Å². The standard InChI is InChI=1S/C27H27FN2O5/c1-2-24(26(31)32)34-22-8-5-7-19(17-22)18-30(27-29-23-9-3-4-10-25(23)35-27)15-6-16-33-21-13-11-20(28)12-14-21/h3-5,7-14,17,24H,2,6,15-16,18H2,1H3,(H,31,32). The van der Waals surface area contributed by atoms with Crippen LogP contribution in [0.15, 0.2) is 77.2 Å². The smallest absolute Gasteiger partial charge is 0.344 e. The first kappa shape index (κ1) is 24.1. The molecule has 0 aliphatic heterocycles. The molecule has 1 unspecified atom stereocenters. The van der Waals surface area contributed by atoms with Gasteiger partial charge in [0.05, 0.1) is 6.61 Å². The highest BCUT2D eigenvalue weighted by Gasteiger charge is 2.18. The van der Waals surface area contributed by atoms with Crippen LogP contribution in [0.3, 0.4) is 0 Å². The zero-order chi connectivity index (χ0) is 24.6. The third kappa shape index (κ3) is 6.50. The van der Waals surface area contributed by atoms with Gasteiger partial charge in [0.25, 0.3) is 6.01 Å². The SMILES string of the molecule is CCC(Oc1cccc(CN(CCCOc2ccc(F)cc2)c2nc3ccccc3o2)c1)C(=O)O. The molecule has 7 nitrogen and oxygen atoms in total. The number of benzene rings is 3. The number of nitrogens with zero attached hydrogens (tertiary/aromatic N) is 2. The fourth-order valence-electron chi connectivity index (χ4n) is 3.62. The lowest BCUT2D eigenvalue weighted by atomic mass is 10.2. The van der Waals surface area contributed by atoms with E-state index in [1.54, 1.807) is 25.1 Å². The van der Waals surface area contributed by atoms with Crippen molar-refractivity contribution in [2.24, 2.45) is 0 Å². The zero-order valence-electron chi connectivity index (χ0n) is 19.4. The number of carboxylic acids is 1. The van der Waals surface area contributed by atoms with E-state index in [1.165, 1.54) is 12.1 Å². The van der Waals surface area contributed by atoms with E-state index in [4.69, 9.17) is 13.9 Å². The Balaban J connectivity index is 1.47. The second-order valence-corrected chi connectivity index (χ2v) is 8.04. The van der Waals surface area contributed by atoms with Gasteiger partial charge in [-0.05, 0) is 66.9 Å². The van der Waals surface area contributed by atoms with Crippen molar-refractivity contribution in [1.82, 2.24) is 4.98 Å². The van der Waals surface area contributed by atoms with E-state index in [0.717, 1.165) is 11.1 Å². The molecule has 0 saturated carbocycles. The van der Waals surface area contributed by atoms with E-state index in [0.29, 0.717) is 55.6 Å². The molecule has 0 aliphatic carbocycles. The highest BCUT2D eigenvalue weighted by atomic mass is 19.1. The second-order valence-electron chi connectivity index (χ2n) is 8.04. The van der Waals surface area contributed by atoms with Crippen LogP contribution in [-0.2, 0) is 11.3 Å². The van der Waals surface area contributed by atoms with E-state index >= 15 is 0 Å². The molecule has 35 heavy (non-hydrogen) atoms. The maximum Gasteiger partial charge on any atom is 0.344 e. The van der Waals surface area contributed by atoms with E-state index in [1.807, 2.05) is 47.4 Å². The van der Waals surface area contributed by atoms with E-state index in [2.05, 4.69) is 4.98 Å². The van der Waals surface area contributed by atoms with Gasteiger partial charge in [-0.1, -0.05) is 31.2 Å². The summed E-state index contributed by atoms with van der Waals surface area (Å²) in [5, 5.41) is 9.30. The number of anilines is 1. The van der Waals surface area contributed by atoms with Gasteiger partial charge in [-0.25, -0.2) is 9.18 Å². The molecule has 1 atom stereocenters. The number of aliphatic carboxylic acids is 1. The van der Waals surface area contributed by atoms with Crippen LogP contribution in [0.5, 0.6) is 11.5 Å². The molecule has 1 N–H and O–H groups in total. The fourth-order valence-corrected chi connectivity index (χ4v) is 3.62. The van der Waals surface area contributed by atoms with Crippen LogP contribution in [0.25, 0.3) is 11.1 Å². The molecule has 1 heterocycles. The predicted molar refractivity (Wildman–Crippen MR) is 130 cm³/mol. The lowest BCUT2D eigenvalue weighted by Crippen LogP contribution is -2.27. The van der Waals surface area contributed by atoms with Crippen molar-refractivity contribution in [3.8, 4) is 11.5 Å². The first-order chi connectivity index (χ1) is 17.0. The zero-order valence-corrected chi connectivity index (χ0v) is 19.4. The number of oxazole rings is 1. The van der Waals surface area contributed by atoms with Gasteiger partial charge in [0.15, 0.2) is 11.7 Å². The number of carbonyl (C=O) groups is 1. The largest absolute Gasteiger partial charge is 0.494 e. The van der Waals surface area contributed by atoms with Crippen molar-refractivity contribution in [2.75, 3.05) is 18.1 Å². The number of fused-ring (bicyclic) bond motifs is 1. The summed E-state index contributed by atoms with van der Waals surface area (Å²) >= 11 is 0. The molecule has 182 valence electrons. The Morgan fingerprint density at radius 3 is 2.63 bits per heavy atom. The number of hydrogen-bond donors (Lipinski definition) is 1. The van der Waals surface area contributed by atoms with Crippen LogP contribution < -0.4 is 14.4 Å². The Morgan fingerprint density at radius 2 is 1.89 bits per heavy atom. The minimum absolute atomic E-state index is 0.306. The summed E-state index contributed by atoms with van der Waals surface area (Å²) in [6.45, 7) is 3.27. The van der Waals surface area contributed by atoms with Crippen molar-refractivity contribution in [2.45, 2.75) is 32.4 Å². The number of halogens is 1. The third-order valence-corrected chi connectivity index (χ3v) is 5.40. The Hall–Kier alpha value is -4.07. The van der Waals surface area contributed by atoms with Gasteiger partial charge in [-0.3, -0.25) is 0 Å². The van der Waals surface area contributed by atoms with Crippen LogP contribution in [0.2, 0.25) is 0 Å². The number of hydrogen-bond acceptors (Lipinski definition) is 6. The Morgan fingerprint density at radius 1 is 1.09 bits per heavy atom. The molecule has 0 spiro atoms. The summed E-state index contributed by atoms with van der Waals surface area (Å²) in [5.41, 5.74) is 2.38. The van der Waals surface area contributed by atoms with Crippen LogP contribution in [0.1, 0.15) is 25.3 Å². The average molecular weight is 479 g/mol. The lowest BCUT2D eigenvalue weighted by Gasteiger charge is -2.21. The molecule has 3 aromatic carbocycles. The molecule has 0 saturated heterocycles. The number of carboxylic acid groups (broad SMARTS) is 1. The molecule has 8 heteroatoms. The predicted octanol–water partition coefficient (Wildman–Crippen LogP) is 5.68. The third-order valence-electron chi connectivity index (χ3n) is 5.40. The molecule has 1 aromatic heterocycles. The van der Waals surface area contributed by atoms with E-state index in [9.17, 15) is 14.3 Å². The van der Waals surface area contributed by atoms with Crippen molar-refractivity contribution in [3.05, 3.63) is 84.2 Å². The molecule has 0 radical (unpaired) electrons. The maximum atomic E-state index is 13.1. The summed E-state index contributed by atoms with van der Waals surface area (Å²) in [6, 6.07) is 21.3. The molecule has 0 amide bonds. The highest BCUT2D eigenvalue weighted by Crippen LogP contribution is 2.25. The van der Waals surface area contributed by atoms with Gasteiger partial charge in [0.1, 0.15) is 22.8 Å². The number of ether oxygens (including phenoxy) is 2. The highest BCUT2D eigenvalue weighted by molar-refractivity contribution is 5.74. The summed E-state index contributed by atoms with van der Waals surface area (Å²) in [4.78, 5) is 18.0. The number of aromatic nitrogens is 1. The summed E-state index contributed by atoms with van der Waals surface area (Å²) < 4.78 is 30.5. The first-order valence-corrected chi connectivity index (χ1v) is 11.5. The molecule has 4 aromatic rings. The Bertz CT molecular complexity index is 1220. The monoisotopic (exact) mass is 478 g/mol. The second kappa shape index (κ2) is 11.4. The number of para-hydroxylation sites is 2. The van der Waals surface area contributed by atoms with E-state index in [-0.39, 0.29) is 5.82 Å². The average Bonchev–Trinajstić information content (AvgIpc) is 3.30. The molecule has 0 fully saturated rings. The summed E-state index contributed by atoms with van der Waals surface area (Å²) in [6.07, 6.45) is 0.133.